The highest BCUT2D eigenvalue weighted by Gasteiger charge is 2.19. The molecule has 0 bridgehead atoms. The Labute approximate surface area is 509 Å². The summed E-state index contributed by atoms with van der Waals surface area (Å²) in [5.41, 5.74) is 26.6. The first-order chi connectivity index (χ1) is 43.6. The van der Waals surface area contributed by atoms with Crippen LogP contribution in [0.25, 0.3) is 149 Å². The minimum absolute atomic E-state index is 0.891. The van der Waals surface area contributed by atoms with Gasteiger partial charge < -0.3 is 18.3 Å². The molecular weight excluding hydrogens is 1070 g/mol. The van der Waals surface area contributed by atoms with Crippen LogP contribution >= 0.6 is 0 Å². The number of rotatable bonds is 11. The molecule has 4 heteroatoms. The Bertz CT molecular complexity index is 5130. The molecule has 0 radical (unpaired) electrons. The molecule has 0 spiro atoms. The number of nitrogens with zero attached hydrogens (tertiary/aromatic N) is 2. The van der Waals surface area contributed by atoms with Crippen molar-refractivity contribution in [3.05, 3.63) is 328 Å². The lowest BCUT2D eigenvalue weighted by atomic mass is 9.98. The van der Waals surface area contributed by atoms with Gasteiger partial charge >= 0.3 is 0 Å². The second kappa shape index (κ2) is 21.1. The van der Waals surface area contributed by atoms with Crippen LogP contribution in [0, 0.1) is 0 Å². The monoisotopic (exact) mass is 1120 g/mol. The molecule has 412 valence electrons. The molecule has 0 N–H and O–H groups in total. The molecule has 88 heavy (non-hydrogen) atoms. The van der Waals surface area contributed by atoms with E-state index in [4.69, 9.17) is 8.83 Å². The van der Waals surface area contributed by atoms with E-state index in [1.807, 2.05) is 24.3 Å². The molecular formula is C84H54N2O2. The van der Waals surface area contributed by atoms with Gasteiger partial charge in [0, 0.05) is 55.1 Å². The summed E-state index contributed by atoms with van der Waals surface area (Å²) in [4.78, 5) is 2.35. The number of aromatic nitrogens is 1. The van der Waals surface area contributed by atoms with Gasteiger partial charge in [-0.15, -0.1) is 0 Å². The van der Waals surface area contributed by atoms with E-state index in [9.17, 15) is 0 Å². The van der Waals surface area contributed by atoms with Gasteiger partial charge in [-0.2, -0.15) is 0 Å². The van der Waals surface area contributed by atoms with Crippen LogP contribution in [0.4, 0.5) is 17.1 Å². The number of hydrogen-bond acceptors (Lipinski definition) is 3. The van der Waals surface area contributed by atoms with Crippen molar-refractivity contribution in [1.82, 2.24) is 4.57 Å². The maximum Gasteiger partial charge on any atom is 0.135 e. The molecule has 0 aliphatic heterocycles. The number of anilines is 3. The number of benzene rings is 14. The SMILES string of the molecule is c1ccc(-c2ccc(-c3ccc(N(c4ccc(-c5ccc(-c6ccccc6)cc5)cc4)c4ccc(-c5ccc(-n6c7ccc(-c8ccc9oc%10ccccc%10c9c8)cc7c7cc(-c8ccc9oc%10ccccc%10c9c8)ccc76)cc5)cc4)cc3)cc2)cc1. The lowest BCUT2D eigenvalue weighted by Crippen LogP contribution is -2.09. The Balaban J connectivity index is 0.713. The molecule has 0 saturated carbocycles. The highest BCUT2D eigenvalue weighted by Crippen LogP contribution is 2.43. The van der Waals surface area contributed by atoms with Crippen molar-refractivity contribution in [3.8, 4) is 83.6 Å². The Morgan fingerprint density at radius 2 is 0.455 bits per heavy atom. The maximum absolute atomic E-state index is 6.25. The normalized spacial score (nSPS) is 11.6. The van der Waals surface area contributed by atoms with E-state index in [0.717, 1.165) is 111 Å². The Kier molecular flexibility index (Phi) is 12.2. The number of furan rings is 2. The summed E-state index contributed by atoms with van der Waals surface area (Å²) in [6.07, 6.45) is 0. The second-order valence-electron chi connectivity index (χ2n) is 22.8. The molecule has 0 aliphatic carbocycles. The summed E-state index contributed by atoms with van der Waals surface area (Å²) in [6.45, 7) is 0. The average molecular weight is 1120 g/mol. The molecule has 0 aliphatic rings. The van der Waals surface area contributed by atoms with Crippen LogP contribution in [-0.2, 0) is 0 Å². The van der Waals surface area contributed by atoms with Crippen molar-refractivity contribution in [2.24, 2.45) is 0 Å². The van der Waals surface area contributed by atoms with Crippen LogP contribution in [0.2, 0.25) is 0 Å². The molecule has 0 unspecified atom stereocenters. The molecule has 17 rings (SSSR count). The van der Waals surface area contributed by atoms with Crippen LogP contribution in [0.3, 0.4) is 0 Å². The Morgan fingerprint density at radius 1 is 0.193 bits per heavy atom. The lowest BCUT2D eigenvalue weighted by molar-refractivity contribution is 0.668. The van der Waals surface area contributed by atoms with Crippen molar-refractivity contribution in [2.45, 2.75) is 0 Å². The minimum Gasteiger partial charge on any atom is -0.456 e. The fraction of sp³-hybridized carbons (Fsp3) is 0. The van der Waals surface area contributed by atoms with Gasteiger partial charge in [0.15, 0.2) is 0 Å². The van der Waals surface area contributed by atoms with E-state index in [0.29, 0.717) is 0 Å². The highest BCUT2D eigenvalue weighted by atomic mass is 16.3. The number of para-hydroxylation sites is 2. The number of fused-ring (bicyclic) bond motifs is 9. The van der Waals surface area contributed by atoms with Gasteiger partial charge in [0.25, 0.3) is 0 Å². The summed E-state index contributed by atoms with van der Waals surface area (Å²) >= 11 is 0. The molecule has 14 aromatic carbocycles. The first kappa shape index (κ1) is 50.8. The smallest absolute Gasteiger partial charge is 0.135 e. The molecule has 0 atom stereocenters. The minimum atomic E-state index is 0.891. The molecule has 4 nitrogen and oxygen atoms in total. The average Bonchev–Trinajstić information content (AvgIpc) is 2.49. The predicted molar refractivity (Wildman–Crippen MR) is 368 cm³/mol. The van der Waals surface area contributed by atoms with Crippen LogP contribution in [0.1, 0.15) is 0 Å². The number of hydrogen-bond donors (Lipinski definition) is 0. The summed E-state index contributed by atoms with van der Waals surface area (Å²) in [7, 11) is 0. The van der Waals surface area contributed by atoms with E-state index in [1.54, 1.807) is 0 Å². The third kappa shape index (κ3) is 9.02. The van der Waals surface area contributed by atoms with E-state index < -0.39 is 0 Å². The van der Waals surface area contributed by atoms with Gasteiger partial charge in [0.2, 0.25) is 0 Å². The summed E-state index contributed by atoms with van der Waals surface area (Å²) in [6, 6.07) is 118. The van der Waals surface area contributed by atoms with E-state index in [2.05, 4.69) is 313 Å². The molecule has 0 saturated heterocycles. The third-order valence-corrected chi connectivity index (χ3v) is 17.7. The van der Waals surface area contributed by atoms with Crippen LogP contribution in [-0.4, -0.2) is 4.57 Å². The van der Waals surface area contributed by atoms with Crippen molar-refractivity contribution in [3.63, 3.8) is 0 Å². The zero-order valence-electron chi connectivity index (χ0n) is 47.9. The zero-order chi connectivity index (χ0) is 58.1. The van der Waals surface area contributed by atoms with Gasteiger partial charge in [-0.25, -0.2) is 0 Å². The molecule has 0 fully saturated rings. The first-order valence-electron chi connectivity index (χ1n) is 30.0. The quantitative estimate of drug-likeness (QED) is 0.129. The molecule has 3 heterocycles. The topological polar surface area (TPSA) is 34.5 Å². The largest absolute Gasteiger partial charge is 0.456 e. The van der Waals surface area contributed by atoms with Crippen molar-refractivity contribution in [2.75, 3.05) is 4.90 Å². The molecule has 17 aromatic rings. The summed E-state index contributed by atoms with van der Waals surface area (Å²) < 4.78 is 14.9. The van der Waals surface area contributed by atoms with Gasteiger partial charge in [0.1, 0.15) is 22.3 Å². The van der Waals surface area contributed by atoms with E-state index in [1.165, 1.54) is 55.3 Å². The predicted octanol–water partition coefficient (Wildman–Crippen LogP) is 23.7. The molecule has 3 aromatic heterocycles. The maximum atomic E-state index is 6.25. The highest BCUT2D eigenvalue weighted by molar-refractivity contribution is 6.13. The van der Waals surface area contributed by atoms with Crippen molar-refractivity contribution < 1.29 is 8.83 Å². The van der Waals surface area contributed by atoms with Gasteiger partial charge in [0.05, 0.1) is 11.0 Å². The zero-order valence-corrected chi connectivity index (χ0v) is 47.9. The fourth-order valence-electron chi connectivity index (χ4n) is 13.1. The second-order valence-corrected chi connectivity index (χ2v) is 22.8. The summed E-state index contributed by atoms with van der Waals surface area (Å²) in [5, 5.41) is 6.85. The first-order valence-corrected chi connectivity index (χ1v) is 30.0. The third-order valence-electron chi connectivity index (χ3n) is 17.7. The fourth-order valence-corrected chi connectivity index (χ4v) is 13.1. The van der Waals surface area contributed by atoms with E-state index >= 15 is 0 Å². The standard InChI is InChI=1S/C84H54N2O2/c1-3-11-55(12-4-1)57-19-23-59(24-20-57)61-27-39-69(40-28-61)85(70-41-29-62(30-42-70)60-25-21-58(22-26-60)56-13-5-2-6-14-56)71-43-31-63(32-44-71)64-33-45-72(46-34-64)86-79-47-35-65(67-37-49-83-77(53-67)73-15-7-9-17-81(73)87-83)51-75(79)76-52-66(36-48-80(76)86)68-38-50-84-78(54-68)74-16-8-10-18-82(74)88-84/h1-54H. The Hall–Kier alpha value is -11.7. The van der Waals surface area contributed by atoms with E-state index in [-0.39, 0.29) is 0 Å². The van der Waals surface area contributed by atoms with Crippen molar-refractivity contribution in [1.29, 1.82) is 0 Å². The van der Waals surface area contributed by atoms with Crippen LogP contribution in [0.15, 0.2) is 336 Å². The van der Waals surface area contributed by atoms with Crippen LogP contribution in [0.5, 0.6) is 0 Å². The van der Waals surface area contributed by atoms with Gasteiger partial charge in [-0.1, -0.05) is 218 Å². The van der Waals surface area contributed by atoms with Crippen molar-refractivity contribution >= 4 is 82.7 Å². The lowest BCUT2D eigenvalue weighted by Gasteiger charge is -2.26. The summed E-state index contributed by atoms with van der Waals surface area (Å²) in [5.74, 6) is 0. The Morgan fingerprint density at radius 3 is 0.818 bits per heavy atom. The van der Waals surface area contributed by atoms with Gasteiger partial charge in [-0.3, -0.25) is 0 Å². The van der Waals surface area contributed by atoms with Crippen LogP contribution < -0.4 is 4.90 Å². The van der Waals surface area contributed by atoms with Gasteiger partial charge in [-0.05, 0) is 187 Å². The molecule has 0 amide bonds.